The average molecular weight is 441 g/mol. The van der Waals surface area contributed by atoms with E-state index in [1.807, 2.05) is 0 Å². The van der Waals surface area contributed by atoms with E-state index in [2.05, 4.69) is 67.9 Å². The SMILES string of the molecule is C#C[Si](C[Si](CC)(CC)CC)(C[Si](CC)(CC)CC)C[Si](CC)(CC)CC. The number of rotatable bonds is 15. The van der Waals surface area contributed by atoms with Crippen LogP contribution in [0.15, 0.2) is 0 Å². The van der Waals surface area contributed by atoms with Crippen LogP contribution in [0.25, 0.3) is 0 Å². The Kier molecular flexibility index (Phi) is 12.4. The van der Waals surface area contributed by atoms with Crippen molar-refractivity contribution in [2.75, 3.05) is 0 Å². The maximum Gasteiger partial charge on any atom is 0.130 e. The third-order valence-electron chi connectivity index (χ3n) is 9.20. The van der Waals surface area contributed by atoms with Crippen LogP contribution in [0.4, 0.5) is 0 Å². The predicted octanol–water partition coefficient (Wildman–Crippen LogP) is 8.75. The highest BCUT2D eigenvalue weighted by Crippen LogP contribution is 2.43. The molecule has 0 saturated carbocycles. The monoisotopic (exact) mass is 440 g/mol. The van der Waals surface area contributed by atoms with Crippen LogP contribution in [0.2, 0.25) is 71.4 Å². The van der Waals surface area contributed by atoms with E-state index in [1.54, 1.807) is 17.0 Å². The van der Waals surface area contributed by atoms with Crippen LogP contribution in [0.1, 0.15) is 62.3 Å². The van der Waals surface area contributed by atoms with Gasteiger partial charge < -0.3 is 0 Å². The lowest BCUT2D eigenvalue weighted by Gasteiger charge is -2.46. The Morgan fingerprint density at radius 1 is 0.444 bits per heavy atom. The molecule has 0 unspecified atom stereocenters. The van der Waals surface area contributed by atoms with E-state index < -0.39 is 32.3 Å². The third kappa shape index (κ3) is 6.72. The van der Waals surface area contributed by atoms with Crippen molar-refractivity contribution in [3.8, 4) is 12.0 Å². The fraction of sp³-hybridized carbons (Fsp3) is 0.913. The summed E-state index contributed by atoms with van der Waals surface area (Å²) in [6.07, 6.45) is 6.60. The van der Waals surface area contributed by atoms with E-state index in [-0.39, 0.29) is 0 Å². The van der Waals surface area contributed by atoms with Crippen LogP contribution >= 0.6 is 0 Å². The lowest BCUT2D eigenvalue weighted by Crippen LogP contribution is -2.56. The van der Waals surface area contributed by atoms with E-state index in [0.29, 0.717) is 0 Å². The van der Waals surface area contributed by atoms with E-state index in [0.717, 1.165) is 0 Å². The largest absolute Gasteiger partial charge is 0.135 e. The highest BCUT2D eigenvalue weighted by molar-refractivity contribution is 7.12. The fourth-order valence-corrected chi connectivity index (χ4v) is 42.7. The first-order chi connectivity index (χ1) is 12.7. The van der Waals surface area contributed by atoms with Crippen molar-refractivity contribution in [2.24, 2.45) is 0 Å². The van der Waals surface area contributed by atoms with E-state index in [1.165, 1.54) is 54.4 Å². The molecular formula is C23H52Si4. The molecule has 0 amide bonds. The van der Waals surface area contributed by atoms with Crippen molar-refractivity contribution in [3.05, 3.63) is 0 Å². The summed E-state index contributed by atoms with van der Waals surface area (Å²) < 4.78 is 0. The van der Waals surface area contributed by atoms with E-state index in [4.69, 9.17) is 6.42 Å². The van der Waals surface area contributed by atoms with Crippen LogP contribution < -0.4 is 0 Å². The number of hydrogen-bond acceptors (Lipinski definition) is 0. The molecule has 0 aliphatic heterocycles. The summed E-state index contributed by atoms with van der Waals surface area (Å²) in [4.78, 5) is 0. The Bertz CT molecular complexity index is 360. The molecule has 160 valence electrons. The lowest BCUT2D eigenvalue weighted by molar-refractivity contribution is 1.12. The molecule has 0 fully saturated rings. The molecular weight excluding hydrogens is 389 g/mol. The van der Waals surface area contributed by atoms with Gasteiger partial charge in [0.2, 0.25) is 0 Å². The molecule has 0 nitrogen and oxygen atoms in total. The fourth-order valence-electron chi connectivity index (χ4n) is 5.87. The third-order valence-corrected chi connectivity index (χ3v) is 40.4. The second-order valence-electron chi connectivity index (χ2n) is 9.64. The molecule has 0 bridgehead atoms. The summed E-state index contributed by atoms with van der Waals surface area (Å²) >= 11 is 0. The molecule has 0 aromatic carbocycles. The first-order valence-corrected chi connectivity index (χ1v) is 23.3. The molecule has 0 aromatic heterocycles. The highest BCUT2D eigenvalue weighted by Gasteiger charge is 2.49. The van der Waals surface area contributed by atoms with Crippen molar-refractivity contribution >= 4 is 32.3 Å². The topological polar surface area (TPSA) is 0 Å². The van der Waals surface area contributed by atoms with Crippen LogP contribution in [0, 0.1) is 12.0 Å². The minimum Gasteiger partial charge on any atom is -0.135 e. The van der Waals surface area contributed by atoms with Gasteiger partial charge in [-0.2, -0.15) is 0 Å². The summed E-state index contributed by atoms with van der Waals surface area (Å²) in [5.74, 6) is 0. The van der Waals surface area contributed by atoms with Gasteiger partial charge in [0, 0.05) is 0 Å². The first-order valence-electron chi connectivity index (χ1n) is 12.2. The maximum absolute atomic E-state index is 6.60. The van der Waals surface area contributed by atoms with Gasteiger partial charge >= 0.3 is 0 Å². The van der Waals surface area contributed by atoms with Crippen LogP contribution in [0.3, 0.4) is 0 Å². The maximum atomic E-state index is 6.60. The van der Waals surface area contributed by atoms with Crippen molar-refractivity contribution < 1.29 is 0 Å². The van der Waals surface area contributed by atoms with Gasteiger partial charge in [0.15, 0.2) is 0 Å². The Labute approximate surface area is 177 Å². The van der Waals surface area contributed by atoms with Crippen LogP contribution in [-0.2, 0) is 0 Å². The van der Waals surface area contributed by atoms with Gasteiger partial charge in [0.05, 0.1) is 24.2 Å². The molecule has 4 heteroatoms. The second kappa shape index (κ2) is 12.2. The van der Waals surface area contributed by atoms with Gasteiger partial charge in [-0.1, -0.05) is 134 Å². The van der Waals surface area contributed by atoms with E-state index in [9.17, 15) is 0 Å². The summed E-state index contributed by atoms with van der Waals surface area (Å²) in [5, 5.41) is 0. The zero-order chi connectivity index (χ0) is 21.2. The molecule has 0 aliphatic rings. The van der Waals surface area contributed by atoms with Crippen molar-refractivity contribution in [2.45, 2.75) is 134 Å². The van der Waals surface area contributed by atoms with Crippen molar-refractivity contribution in [3.63, 3.8) is 0 Å². The van der Waals surface area contributed by atoms with Crippen molar-refractivity contribution in [1.29, 1.82) is 0 Å². The molecule has 0 radical (unpaired) electrons. The highest BCUT2D eigenvalue weighted by atomic mass is 28.4. The smallest absolute Gasteiger partial charge is 0.130 e. The zero-order valence-corrected chi connectivity index (χ0v) is 24.6. The molecule has 0 atom stereocenters. The summed E-state index contributed by atoms with van der Waals surface area (Å²) in [6.45, 7) is 22.4. The lowest BCUT2D eigenvalue weighted by atomic mass is 10.9. The first kappa shape index (κ1) is 27.4. The second-order valence-corrected chi connectivity index (χ2v) is 32.1. The Balaban J connectivity index is 6.29. The number of terminal acetylenes is 1. The zero-order valence-electron chi connectivity index (χ0n) is 20.6. The minimum atomic E-state index is -1.65. The van der Waals surface area contributed by atoms with Gasteiger partial charge in [-0.05, 0) is 0 Å². The number of hydrogen-bond donors (Lipinski definition) is 0. The Morgan fingerprint density at radius 3 is 0.741 bits per heavy atom. The van der Waals surface area contributed by atoms with Crippen LogP contribution in [0.5, 0.6) is 0 Å². The van der Waals surface area contributed by atoms with Gasteiger partial charge in [0.1, 0.15) is 8.07 Å². The quantitative estimate of drug-likeness (QED) is 0.176. The van der Waals surface area contributed by atoms with Gasteiger partial charge in [-0.3, -0.25) is 0 Å². The van der Waals surface area contributed by atoms with Gasteiger partial charge in [0.25, 0.3) is 0 Å². The molecule has 0 aliphatic carbocycles. The van der Waals surface area contributed by atoms with Gasteiger partial charge in [-0.15, -0.1) is 12.0 Å². The average Bonchev–Trinajstić information content (AvgIpc) is 2.74. The normalized spacial score (nSPS) is 13.6. The molecule has 0 saturated heterocycles. The van der Waals surface area contributed by atoms with Crippen LogP contribution in [-0.4, -0.2) is 32.3 Å². The molecule has 27 heavy (non-hydrogen) atoms. The van der Waals surface area contributed by atoms with E-state index >= 15 is 0 Å². The molecule has 0 rings (SSSR count). The predicted molar refractivity (Wildman–Crippen MR) is 141 cm³/mol. The molecule has 0 heterocycles. The molecule has 0 N–H and O–H groups in total. The standard InChI is InChI=1S/C23H52Si4/c1-11-24(12-2,13-3)21-27(20-10,22-25(14-4,15-5)16-6)23-26(17-7,18-8)19-9/h10H,11-19,21-23H2,1-9H3. The molecule has 0 aromatic rings. The van der Waals surface area contributed by atoms with Gasteiger partial charge in [-0.25, -0.2) is 0 Å². The molecule has 0 spiro atoms. The minimum absolute atomic E-state index is 1.19. The summed E-state index contributed by atoms with van der Waals surface area (Å²) in [7, 11) is -5.21. The Morgan fingerprint density at radius 2 is 0.630 bits per heavy atom. The van der Waals surface area contributed by atoms with Crippen molar-refractivity contribution in [1.82, 2.24) is 0 Å². The summed E-state index contributed by atoms with van der Waals surface area (Å²) in [6, 6.07) is 13.1. The summed E-state index contributed by atoms with van der Waals surface area (Å²) in [5.41, 5.74) is 8.41. The Hall–Kier alpha value is 0.428.